The molecule has 21 heavy (non-hydrogen) atoms. The molecule has 3 nitrogen and oxygen atoms in total. The first-order valence-corrected chi connectivity index (χ1v) is 7.34. The van der Waals surface area contributed by atoms with E-state index in [2.05, 4.69) is 49.2 Å². The summed E-state index contributed by atoms with van der Waals surface area (Å²) in [6.45, 7) is 5.08. The van der Waals surface area contributed by atoms with Crippen LogP contribution in [0.25, 0.3) is 0 Å². The van der Waals surface area contributed by atoms with Crippen molar-refractivity contribution in [3.8, 4) is 5.75 Å². The van der Waals surface area contributed by atoms with Crippen LogP contribution in [0.1, 0.15) is 16.7 Å². The second-order valence-corrected chi connectivity index (χ2v) is 5.41. The van der Waals surface area contributed by atoms with Crippen molar-refractivity contribution in [1.82, 2.24) is 4.90 Å². The van der Waals surface area contributed by atoms with Gasteiger partial charge < -0.3 is 15.4 Å². The van der Waals surface area contributed by atoms with E-state index in [1.165, 1.54) is 16.7 Å². The summed E-state index contributed by atoms with van der Waals surface area (Å²) >= 11 is 0. The van der Waals surface area contributed by atoms with Crippen LogP contribution in [-0.2, 0) is 13.2 Å². The molecule has 0 saturated heterocycles. The Morgan fingerprint density at radius 3 is 2.48 bits per heavy atom. The van der Waals surface area contributed by atoms with Crippen molar-refractivity contribution in [3.63, 3.8) is 0 Å². The number of benzene rings is 2. The van der Waals surface area contributed by atoms with Gasteiger partial charge in [-0.15, -0.1) is 0 Å². The van der Waals surface area contributed by atoms with Crippen molar-refractivity contribution >= 4 is 0 Å². The Morgan fingerprint density at radius 1 is 1.05 bits per heavy atom. The SMILES string of the molecule is Cc1ccc(COc2ccccc2CN(C)CCN)cc1. The second kappa shape index (κ2) is 7.81. The van der Waals surface area contributed by atoms with E-state index in [9.17, 15) is 0 Å². The Morgan fingerprint density at radius 2 is 1.76 bits per heavy atom. The van der Waals surface area contributed by atoms with Gasteiger partial charge in [0.1, 0.15) is 12.4 Å². The molecule has 0 atom stereocenters. The quantitative estimate of drug-likeness (QED) is 0.849. The van der Waals surface area contributed by atoms with Gasteiger partial charge in [0, 0.05) is 25.2 Å². The third-order valence-corrected chi connectivity index (χ3v) is 3.44. The predicted octanol–water partition coefficient (Wildman–Crippen LogP) is 2.96. The maximum Gasteiger partial charge on any atom is 0.124 e. The van der Waals surface area contributed by atoms with Crippen molar-refractivity contribution in [2.45, 2.75) is 20.1 Å². The number of hydrogen-bond acceptors (Lipinski definition) is 3. The van der Waals surface area contributed by atoms with Gasteiger partial charge in [-0.05, 0) is 25.6 Å². The van der Waals surface area contributed by atoms with Gasteiger partial charge >= 0.3 is 0 Å². The van der Waals surface area contributed by atoms with Crippen LogP contribution in [-0.4, -0.2) is 25.0 Å². The number of aryl methyl sites for hydroxylation is 1. The molecule has 0 aliphatic carbocycles. The van der Waals surface area contributed by atoms with Gasteiger partial charge in [0.2, 0.25) is 0 Å². The fourth-order valence-electron chi connectivity index (χ4n) is 2.21. The maximum absolute atomic E-state index is 5.98. The summed E-state index contributed by atoms with van der Waals surface area (Å²) in [4.78, 5) is 2.20. The van der Waals surface area contributed by atoms with Gasteiger partial charge in [-0.25, -0.2) is 0 Å². The third kappa shape index (κ3) is 4.88. The van der Waals surface area contributed by atoms with Crippen molar-refractivity contribution in [1.29, 1.82) is 0 Å². The highest BCUT2D eigenvalue weighted by atomic mass is 16.5. The minimum Gasteiger partial charge on any atom is -0.489 e. The largest absolute Gasteiger partial charge is 0.489 e. The molecule has 2 aromatic carbocycles. The third-order valence-electron chi connectivity index (χ3n) is 3.44. The number of ether oxygens (including phenoxy) is 1. The molecule has 0 unspecified atom stereocenters. The van der Waals surface area contributed by atoms with Crippen LogP contribution in [0.3, 0.4) is 0 Å². The topological polar surface area (TPSA) is 38.5 Å². The molecular formula is C18H24N2O. The highest BCUT2D eigenvalue weighted by Crippen LogP contribution is 2.20. The lowest BCUT2D eigenvalue weighted by atomic mass is 10.1. The Kier molecular flexibility index (Phi) is 5.78. The normalized spacial score (nSPS) is 10.9. The van der Waals surface area contributed by atoms with Gasteiger partial charge in [-0.2, -0.15) is 0 Å². The first kappa shape index (κ1) is 15.5. The molecule has 3 heteroatoms. The molecule has 2 rings (SSSR count). The number of likely N-dealkylation sites (N-methyl/N-ethyl adjacent to an activating group) is 1. The summed E-state index contributed by atoms with van der Waals surface area (Å²) in [6.07, 6.45) is 0. The number of para-hydroxylation sites is 1. The van der Waals surface area contributed by atoms with E-state index in [0.29, 0.717) is 13.2 Å². The zero-order chi connectivity index (χ0) is 15.1. The molecule has 112 valence electrons. The lowest BCUT2D eigenvalue weighted by molar-refractivity contribution is 0.287. The molecule has 0 heterocycles. The van der Waals surface area contributed by atoms with E-state index in [4.69, 9.17) is 10.5 Å². The van der Waals surface area contributed by atoms with Gasteiger partial charge in [0.25, 0.3) is 0 Å². The molecule has 0 radical (unpaired) electrons. The van der Waals surface area contributed by atoms with E-state index >= 15 is 0 Å². The van der Waals surface area contributed by atoms with Crippen LogP contribution in [0.2, 0.25) is 0 Å². The molecule has 0 aliphatic heterocycles. The molecule has 0 amide bonds. The van der Waals surface area contributed by atoms with Crippen LogP contribution in [0.15, 0.2) is 48.5 Å². The summed E-state index contributed by atoms with van der Waals surface area (Å²) < 4.78 is 5.98. The minimum absolute atomic E-state index is 0.595. The summed E-state index contributed by atoms with van der Waals surface area (Å²) in [7, 11) is 2.07. The zero-order valence-corrected chi connectivity index (χ0v) is 12.9. The Bertz CT molecular complexity index is 551. The van der Waals surface area contributed by atoms with Crippen LogP contribution >= 0.6 is 0 Å². The average molecular weight is 284 g/mol. The van der Waals surface area contributed by atoms with E-state index in [1.807, 2.05) is 18.2 Å². The first-order chi connectivity index (χ1) is 10.2. The fourth-order valence-corrected chi connectivity index (χ4v) is 2.21. The van der Waals surface area contributed by atoms with Crippen LogP contribution in [0, 0.1) is 6.92 Å². The van der Waals surface area contributed by atoms with E-state index in [0.717, 1.165) is 18.8 Å². The van der Waals surface area contributed by atoms with Gasteiger partial charge in [0.05, 0.1) is 0 Å². The molecule has 2 aromatic rings. The first-order valence-electron chi connectivity index (χ1n) is 7.34. The maximum atomic E-state index is 5.98. The molecular weight excluding hydrogens is 260 g/mol. The molecule has 0 spiro atoms. The molecule has 2 N–H and O–H groups in total. The van der Waals surface area contributed by atoms with Crippen molar-refractivity contribution in [3.05, 3.63) is 65.2 Å². The summed E-state index contributed by atoms with van der Waals surface area (Å²) in [6, 6.07) is 16.6. The monoisotopic (exact) mass is 284 g/mol. The zero-order valence-electron chi connectivity index (χ0n) is 12.9. The number of hydrogen-bond donors (Lipinski definition) is 1. The van der Waals surface area contributed by atoms with E-state index in [-0.39, 0.29) is 0 Å². The Balaban J connectivity index is 2.00. The lowest BCUT2D eigenvalue weighted by Gasteiger charge is -2.18. The lowest BCUT2D eigenvalue weighted by Crippen LogP contribution is -2.25. The second-order valence-electron chi connectivity index (χ2n) is 5.41. The van der Waals surface area contributed by atoms with Crippen LogP contribution < -0.4 is 10.5 Å². The minimum atomic E-state index is 0.595. The van der Waals surface area contributed by atoms with Gasteiger partial charge in [-0.3, -0.25) is 0 Å². The van der Waals surface area contributed by atoms with Crippen molar-refractivity contribution < 1.29 is 4.74 Å². The molecule has 0 bridgehead atoms. The van der Waals surface area contributed by atoms with Crippen molar-refractivity contribution in [2.75, 3.05) is 20.1 Å². The smallest absolute Gasteiger partial charge is 0.124 e. The number of rotatable bonds is 7. The highest BCUT2D eigenvalue weighted by molar-refractivity contribution is 5.33. The van der Waals surface area contributed by atoms with Crippen LogP contribution in [0.5, 0.6) is 5.75 Å². The van der Waals surface area contributed by atoms with Gasteiger partial charge in [0.15, 0.2) is 0 Å². The molecule has 0 aromatic heterocycles. The average Bonchev–Trinajstić information content (AvgIpc) is 2.48. The number of nitrogens with two attached hydrogens (primary N) is 1. The molecule has 0 fully saturated rings. The standard InChI is InChI=1S/C18H24N2O/c1-15-7-9-16(10-8-15)14-21-18-6-4-3-5-17(18)13-20(2)12-11-19/h3-10H,11-14,19H2,1-2H3. The Labute approximate surface area is 127 Å². The van der Waals surface area contributed by atoms with Gasteiger partial charge in [-0.1, -0.05) is 48.0 Å². The number of nitrogens with zero attached hydrogens (tertiary/aromatic N) is 1. The summed E-state index contributed by atoms with van der Waals surface area (Å²) in [5, 5.41) is 0. The highest BCUT2D eigenvalue weighted by Gasteiger charge is 2.06. The van der Waals surface area contributed by atoms with E-state index in [1.54, 1.807) is 0 Å². The summed E-state index contributed by atoms with van der Waals surface area (Å²) in [5.41, 5.74) is 9.24. The Hall–Kier alpha value is -1.84. The van der Waals surface area contributed by atoms with Crippen molar-refractivity contribution in [2.24, 2.45) is 5.73 Å². The fraction of sp³-hybridized carbons (Fsp3) is 0.333. The summed E-state index contributed by atoms with van der Waals surface area (Å²) in [5.74, 6) is 0.946. The molecule has 0 saturated carbocycles. The van der Waals surface area contributed by atoms with E-state index < -0.39 is 0 Å². The van der Waals surface area contributed by atoms with Crippen LogP contribution in [0.4, 0.5) is 0 Å². The molecule has 0 aliphatic rings. The predicted molar refractivity (Wildman–Crippen MR) is 87.3 cm³/mol.